The molecule has 0 unspecified atom stereocenters. The first-order valence-electron chi connectivity index (χ1n) is 10.3. The van der Waals surface area contributed by atoms with Crippen molar-refractivity contribution in [2.45, 2.75) is 44.9 Å². The van der Waals surface area contributed by atoms with E-state index in [-0.39, 0.29) is 23.1 Å². The third-order valence-electron chi connectivity index (χ3n) is 6.75. The Bertz CT molecular complexity index is 897. The lowest BCUT2D eigenvalue weighted by Gasteiger charge is -2.32. The fourth-order valence-electron chi connectivity index (χ4n) is 4.88. The number of aryl methyl sites for hydroxylation is 1. The summed E-state index contributed by atoms with van der Waals surface area (Å²) in [6, 6.07) is 9.60. The van der Waals surface area contributed by atoms with Gasteiger partial charge in [0.25, 0.3) is 5.91 Å². The molecule has 1 aromatic heterocycles. The van der Waals surface area contributed by atoms with E-state index in [2.05, 4.69) is 10.5 Å². The number of piperidine rings is 1. The molecule has 1 N–H and O–H groups in total. The lowest BCUT2D eigenvalue weighted by molar-refractivity contribution is -0.118. The van der Waals surface area contributed by atoms with Crippen molar-refractivity contribution < 1.29 is 14.1 Å². The third kappa shape index (κ3) is 3.01. The van der Waals surface area contributed by atoms with Crippen molar-refractivity contribution in [3.63, 3.8) is 0 Å². The van der Waals surface area contributed by atoms with Crippen LogP contribution in [0.1, 0.15) is 53.9 Å². The Kier molecular flexibility index (Phi) is 4.22. The fraction of sp³-hybridized carbons (Fsp3) is 0.500. The molecule has 1 aliphatic heterocycles. The van der Waals surface area contributed by atoms with Crippen molar-refractivity contribution in [3.05, 3.63) is 47.3 Å². The molecule has 6 heteroatoms. The highest BCUT2D eigenvalue weighted by atomic mass is 16.5. The summed E-state index contributed by atoms with van der Waals surface area (Å²) in [6.45, 7) is 1.37. The Morgan fingerprint density at radius 1 is 1.11 bits per heavy atom. The van der Waals surface area contributed by atoms with Crippen LogP contribution in [-0.4, -0.2) is 35.0 Å². The molecule has 1 saturated carbocycles. The normalized spacial score (nSPS) is 22.6. The average molecular weight is 379 g/mol. The second kappa shape index (κ2) is 6.76. The van der Waals surface area contributed by atoms with Crippen LogP contribution in [0.15, 0.2) is 34.9 Å². The van der Waals surface area contributed by atoms with Gasteiger partial charge < -0.3 is 14.7 Å². The Morgan fingerprint density at radius 3 is 2.64 bits per heavy atom. The third-order valence-corrected chi connectivity index (χ3v) is 6.75. The maximum absolute atomic E-state index is 12.9. The van der Waals surface area contributed by atoms with Crippen LogP contribution in [0.2, 0.25) is 0 Å². The molecule has 2 aromatic rings. The highest BCUT2D eigenvalue weighted by Crippen LogP contribution is 2.59. The van der Waals surface area contributed by atoms with Gasteiger partial charge in [0, 0.05) is 30.3 Å². The Hall–Kier alpha value is -2.63. The number of rotatable bonds is 3. The summed E-state index contributed by atoms with van der Waals surface area (Å²) in [5.74, 6) is 0.578. The summed E-state index contributed by atoms with van der Waals surface area (Å²) >= 11 is 0. The van der Waals surface area contributed by atoms with E-state index in [0.717, 1.165) is 61.9 Å². The van der Waals surface area contributed by atoms with Gasteiger partial charge in [-0.3, -0.25) is 9.59 Å². The predicted octanol–water partition coefficient (Wildman–Crippen LogP) is 3.43. The number of amides is 2. The number of para-hydroxylation sites is 1. The molecule has 1 spiro atoms. The number of carbonyl (C=O) groups is 2. The average Bonchev–Trinajstić information content (AvgIpc) is 3.26. The summed E-state index contributed by atoms with van der Waals surface area (Å²) in [4.78, 5) is 27.4. The van der Waals surface area contributed by atoms with Gasteiger partial charge in [0.15, 0.2) is 0 Å². The van der Waals surface area contributed by atoms with E-state index in [1.807, 2.05) is 35.2 Å². The maximum Gasteiger partial charge on any atom is 0.292 e. The van der Waals surface area contributed by atoms with Gasteiger partial charge >= 0.3 is 0 Å². The number of likely N-dealkylation sites (tertiary alicyclic amines) is 1. The number of nitrogens with zero attached hydrogens (tertiary/aromatic N) is 2. The molecule has 28 heavy (non-hydrogen) atoms. The molecule has 146 valence electrons. The summed E-state index contributed by atoms with van der Waals surface area (Å²) in [6.07, 6.45) is 6.68. The topological polar surface area (TPSA) is 75.4 Å². The zero-order valence-electron chi connectivity index (χ0n) is 15.9. The van der Waals surface area contributed by atoms with Gasteiger partial charge in [-0.25, -0.2) is 0 Å². The van der Waals surface area contributed by atoms with Crippen LogP contribution >= 0.6 is 0 Å². The summed E-state index contributed by atoms with van der Waals surface area (Å²) < 4.78 is 5.42. The largest absolute Gasteiger partial charge is 0.350 e. The molecule has 5 rings (SSSR count). The number of nitrogens with one attached hydrogen (secondary N) is 1. The molecule has 1 atom stereocenters. The second-order valence-electron chi connectivity index (χ2n) is 8.41. The number of benzene rings is 1. The van der Waals surface area contributed by atoms with E-state index in [1.165, 1.54) is 0 Å². The lowest BCUT2D eigenvalue weighted by Crippen LogP contribution is -2.40. The molecule has 2 aliphatic carbocycles. The van der Waals surface area contributed by atoms with Crippen LogP contribution in [0.5, 0.6) is 0 Å². The summed E-state index contributed by atoms with van der Waals surface area (Å²) in [7, 11) is 0. The number of hydrogen-bond acceptors (Lipinski definition) is 4. The molecule has 2 amide bonds. The minimum absolute atomic E-state index is 0.0311. The first-order valence-corrected chi connectivity index (χ1v) is 10.3. The number of anilines is 1. The Balaban J connectivity index is 1.20. The molecule has 0 bridgehead atoms. The SMILES string of the molecule is O=C(Nc1ccccc1)[C@@H]1CC12CCN(C(=O)c1onc3c1CCCC3)CC2. The Labute approximate surface area is 164 Å². The highest BCUT2D eigenvalue weighted by Gasteiger charge is 2.58. The van der Waals surface area contributed by atoms with Crippen molar-refractivity contribution in [1.82, 2.24) is 10.1 Å². The maximum atomic E-state index is 12.9. The van der Waals surface area contributed by atoms with Crippen molar-refractivity contribution in [1.29, 1.82) is 0 Å². The Morgan fingerprint density at radius 2 is 1.86 bits per heavy atom. The molecular weight excluding hydrogens is 354 g/mol. The number of hydrogen-bond donors (Lipinski definition) is 1. The van der Waals surface area contributed by atoms with Crippen LogP contribution in [0, 0.1) is 11.3 Å². The van der Waals surface area contributed by atoms with Gasteiger partial charge in [0.05, 0.1) is 5.69 Å². The van der Waals surface area contributed by atoms with Crippen molar-refractivity contribution in [2.24, 2.45) is 11.3 Å². The molecule has 6 nitrogen and oxygen atoms in total. The fourth-order valence-corrected chi connectivity index (χ4v) is 4.88. The predicted molar refractivity (Wildman–Crippen MR) is 104 cm³/mol. The first-order chi connectivity index (χ1) is 13.7. The molecule has 3 aliphatic rings. The van der Waals surface area contributed by atoms with Gasteiger partial charge in [-0.1, -0.05) is 23.4 Å². The molecule has 2 heterocycles. The molecule has 1 saturated heterocycles. The number of aromatic nitrogens is 1. The van der Waals surface area contributed by atoms with E-state index < -0.39 is 0 Å². The van der Waals surface area contributed by atoms with Crippen molar-refractivity contribution in [3.8, 4) is 0 Å². The first kappa shape index (κ1) is 17.5. The van der Waals surface area contributed by atoms with Crippen LogP contribution in [0.4, 0.5) is 5.69 Å². The minimum atomic E-state index is -0.0311. The van der Waals surface area contributed by atoms with Crippen LogP contribution in [-0.2, 0) is 17.6 Å². The summed E-state index contributed by atoms with van der Waals surface area (Å²) in [5.41, 5.74) is 2.89. The zero-order valence-corrected chi connectivity index (χ0v) is 15.9. The monoisotopic (exact) mass is 379 g/mol. The van der Waals surface area contributed by atoms with E-state index in [0.29, 0.717) is 18.8 Å². The lowest BCUT2D eigenvalue weighted by atomic mass is 9.90. The zero-order chi connectivity index (χ0) is 19.1. The van der Waals surface area contributed by atoms with Gasteiger partial charge in [0.2, 0.25) is 11.7 Å². The van der Waals surface area contributed by atoms with Crippen LogP contribution in [0.25, 0.3) is 0 Å². The highest BCUT2D eigenvalue weighted by molar-refractivity contribution is 5.95. The van der Waals surface area contributed by atoms with E-state index in [1.54, 1.807) is 0 Å². The number of fused-ring (bicyclic) bond motifs is 1. The van der Waals surface area contributed by atoms with Gasteiger partial charge in [0.1, 0.15) is 0 Å². The van der Waals surface area contributed by atoms with E-state index >= 15 is 0 Å². The standard InChI is InChI=1S/C22H25N3O3/c26-20(23-15-6-2-1-3-7-15)17-14-22(17)10-12-25(13-11-22)21(27)19-16-8-4-5-9-18(16)24-28-19/h1-3,6-7,17H,4-5,8-14H2,(H,23,26)/t17-/m0/s1. The van der Waals surface area contributed by atoms with Gasteiger partial charge in [-0.05, 0) is 62.5 Å². The van der Waals surface area contributed by atoms with Crippen molar-refractivity contribution >= 4 is 17.5 Å². The minimum Gasteiger partial charge on any atom is -0.350 e. The number of carbonyl (C=O) groups excluding carboxylic acids is 2. The van der Waals surface area contributed by atoms with E-state index in [4.69, 9.17) is 4.52 Å². The molecule has 2 fully saturated rings. The smallest absolute Gasteiger partial charge is 0.292 e. The quantitative estimate of drug-likeness (QED) is 0.886. The molecular formula is C22H25N3O3. The van der Waals surface area contributed by atoms with Crippen molar-refractivity contribution in [2.75, 3.05) is 18.4 Å². The van der Waals surface area contributed by atoms with Crippen LogP contribution in [0.3, 0.4) is 0 Å². The van der Waals surface area contributed by atoms with Gasteiger partial charge in [-0.15, -0.1) is 0 Å². The summed E-state index contributed by atoms with van der Waals surface area (Å²) in [5, 5.41) is 7.14. The molecule has 1 aromatic carbocycles. The second-order valence-corrected chi connectivity index (χ2v) is 8.41. The van der Waals surface area contributed by atoms with Crippen LogP contribution < -0.4 is 5.32 Å². The van der Waals surface area contributed by atoms with Gasteiger partial charge in [-0.2, -0.15) is 0 Å². The molecule has 0 radical (unpaired) electrons. The van der Waals surface area contributed by atoms with E-state index in [9.17, 15) is 9.59 Å².